The fourth-order valence-electron chi connectivity index (χ4n) is 2.12. The average Bonchev–Trinajstić information content (AvgIpc) is 3.40. The van der Waals surface area contributed by atoms with Crippen LogP contribution in [0.5, 0.6) is 11.5 Å². The Morgan fingerprint density at radius 1 is 0.778 bits per heavy atom. The van der Waals surface area contributed by atoms with Gasteiger partial charge >= 0.3 is 12.4 Å². The van der Waals surface area contributed by atoms with Crippen molar-refractivity contribution in [1.82, 2.24) is 0 Å². The van der Waals surface area contributed by atoms with Crippen molar-refractivity contribution in [2.75, 3.05) is 26.4 Å². The summed E-state index contributed by atoms with van der Waals surface area (Å²) in [6, 6.07) is 11.9. The molecule has 6 nitrogen and oxygen atoms in total. The maximum Gasteiger partial charge on any atom is 0.392 e. The molecule has 0 aromatic heterocycles. The van der Waals surface area contributed by atoms with Crippen LogP contribution in [0.2, 0.25) is 0 Å². The lowest BCUT2D eigenvalue weighted by atomic mass is 10.2. The predicted octanol–water partition coefficient (Wildman–Crippen LogP) is 5.76. The molecular weight excluding hydrogens is 498 g/mol. The smallest absolute Gasteiger partial charge is 0.392 e. The van der Waals surface area contributed by atoms with Gasteiger partial charge in [-0.3, -0.25) is 9.59 Å². The van der Waals surface area contributed by atoms with Crippen LogP contribution in [0.1, 0.15) is 46.4 Å². The molecule has 3 rings (SSSR count). The molecule has 1 aliphatic heterocycles. The number of hydrogen-bond donors (Lipinski definition) is 2. The van der Waals surface area contributed by atoms with Gasteiger partial charge in [0.05, 0.1) is 26.1 Å². The number of phenols is 1. The lowest BCUT2D eigenvalue weighted by molar-refractivity contribution is -0.141. The molecule has 0 spiro atoms. The van der Waals surface area contributed by atoms with Crippen molar-refractivity contribution < 1.29 is 55.6 Å². The number of ether oxygens (including phenoxy) is 2. The second kappa shape index (κ2) is 18.2. The molecule has 0 amide bonds. The Labute approximate surface area is 204 Å². The Kier molecular flexibility index (Phi) is 16.6. The zero-order chi connectivity index (χ0) is 27.5. The number of aliphatic hydroxyl groups is 1. The minimum absolute atomic E-state index is 0.181. The van der Waals surface area contributed by atoms with Gasteiger partial charge in [0.2, 0.25) is 0 Å². The standard InChI is InChI=1S/C10H9F3O2.C7H6O2.C4H8O.C3H5F3O/c11-10(12,13)5-6-15-9-3-1-8(7-14)2-4-9;8-5-6-1-3-7(9)4-2-6;1-2-4-5-3-1;4-3(5,6)1-2-7/h1-4,7H,5-6H2;1-5,9H;1-4H2;7H,1-2H2. The van der Waals surface area contributed by atoms with Crippen molar-refractivity contribution in [3.63, 3.8) is 0 Å². The lowest BCUT2D eigenvalue weighted by Gasteiger charge is -2.08. The Morgan fingerprint density at radius 3 is 1.53 bits per heavy atom. The molecule has 2 N–H and O–H groups in total. The highest BCUT2D eigenvalue weighted by molar-refractivity contribution is 5.75. The van der Waals surface area contributed by atoms with E-state index in [1.54, 1.807) is 12.1 Å². The maximum absolute atomic E-state index is 11.8. The van der Waals surface area contributed by atoms with Crippen LogP contribution in [0.3, 0.4) is 0 Å². The molecule has 0 atom stereocenters. The van der Waals surface area contributed by atoms with E-state index < -0.39 is 38.4 Å². The number of alkyl halides is 6. The van der Waals surface area contributed by atoms with Crippen LogP contribution in [0, 0.1) is 0 Å². The van der Waals surface area contributed by atoms with Crippen LogP contribution in [0.25, 0.3) is 0 Å². The monoisotopic (exact) mass is 526 g/mol. The summed E-state index contributed by atoms with van der Waals surface area (Å²) >= 11 is 0. The summed E-state index contributed by atoms with van der Waals surface area (Å²) in [5, 5.41) is 16.4. The summed E-state index contributed by atoms with van der Waals surface area (Å²) < 4.78 is 77.7. The number of carbonyl (C=O) groups is 2. The van der Waals surface area contributed by atoms with E-state index in [9.17, 15) is 35.9 Å². The summed E-state index contributed by atoms with van der Waals surface area (Å²) in [7, 11) is 0. The van der Waals surface area contributed by atoms with Crippen LogP contribution < -0.4 is 4.74 Å². The maximum atomic E-state index is 11.8. The van der Waals surface area contributed by atoms with Gasteiger partial charge in [-0.15, -0.1) is 0 Å². The largest absolute Gasteiger partial charge is 0.508 e. The summed E-state index contributed by atoms with van der Waals surface area (Å²) in [6.45, 7) is 0.771. The van der Waals surface area contributed by atoms with Gasteiger partial charge in [-0.25, -0.2) is 0 Å². The van der Waals surface area contributed by atoms with E-state index in [1.165, 1.54) is 49.2 Å². The molecule has 1 aliphatic rings. The molecule has 36 heavy (non-hydrogen) atoms. The van der Waals surface area contributed by atoms with Gasteiger partial charge in [-0.1, -0.05) is 0 Å². The number of rotatable bonds is 6. The number of phenolic OH excluding ortho intramolecular Hbond substituents is 1. The van der Waals surface area contributed by atoms with E-state index >= 15 is 0 Å². The van der Waals surface area contributed by atoms with Crippen LogP contribution >= 0.6 is 0 Å². The number of aliphatic hydroxyl groups excluding tert-OH is 1. The third-order valence-electron chi connectivity index (χ3n) is 3.92. The second-order valence-corrected chi connectivity index (χ2v) is 7.02. The highest BCUT2D eigenvalue weighted by Crippen LogP contribution is 2.20. The number of halogens is 6. The summed E-state index contributed by atoms with van der Waals surface area (Å²) in [4.78, 5) is 20.3. The molecule has 0 saturated carbocycles. The van der Waals surface area contributed by atoms with Gasteiger partial charge in [0, 0.05) is 24.3 Å². The van der Waals surface area contributed by atoms with Crippen molar-refractivity contribution in [2.45, 2.75) is 38.0 Å². The summed E-state index contributed by atoms with van der Waals surface area (Å²) in [5.41, 5.74) is 1.03. The van der Waals surface area contributed by atoms with E-state index in [0.717, 1.165) is 19.5 Å². The van der Waals surface area contributed by atoms with Gasteiger partial charge in [0.15, 0.2) is 0 Å². The molecule has 1 heterocycles. The minimum Gasteiger partial charge on any atom is -0.508 e. The number of aromatic hydroxyl groups is 1. The highest BCUT2D eigenvalue weighted by atomic mass is 19.4. The predicted molar refractivity (Wildman–Crippen MR) is 119 cm³/mol. The van der Waals surface area contributed by atoms with Gasteiger partial charge in [0.25, 0.3) is 0 Å². The molecule has 0 bridgehead atoms. The normalized spacial score (nSPS) is 12.5. The van der Waals surface area contributed by atoms with E-state index in [1.807, 2.05) is 0 Å². The van der Waals surface area contributed by atoms with E-state index in [4.69, 9.17) is 19.7 Å². The van der Waals surface area contributed by atoms with Crippen molar-refractivity contribution in [2.24, 2.45) is 0 Å². The molecule has 0 unspecified atom stereocenters. The molecule has 2 aromatic carbocycles. The lowest BCUT2D eigenvalue weighted by Crippen LogP contribution is -2.12. The van der Waals surface area contributed by atoms with Gasteiger partial charge < -0.3 is 19.7 Å². The van der Waals surface area contributed by atoms with Crippen LogP contribution in [0.15, 0.2) is 48.5 Å². The third-order valence-corrected chi connectivity index (χ3v) is 3.92. The Hall–Kier alpha value is -3.12. The first-order valence-electron chi connectivity index (χ1n) is 10.6. The molecule has 0 aliphatic carbocycles. The van der Waals surface area contributed by atoms with Crippen LogP contribution in [-0.2, 0) is 4.74 Å². The highest BCUT2D eigenvalue weighted by Gasteiger charge is 2.27. The molecule has 1 fully saturated rings. The number of carbonyl (C=O) groups excluding carboxylic acids is 2. The molecule has 202 valence electrons. The van der Waals surface area contributed by atoms with Crippen molar-refractivity contribution in [3.8, 4) is 11.5 Å². The second-order valence-electron chi connectivity index (χ2n) is 7.02. The van der Waals surface area contributed by atoms with Crippen LogP contribution in [0.4, 0.5) is 26.3 Å². The van der Waals surface area contributed by atoms with Gasteiger partial charge in [-0.05, 0) is 61.4 Å². The van der Waals surface area contributed by atoms with Crippen molar-refractivity contribution in [1.29, 1.82) is 0 Å². The SMILES string of the molecule is C1CCOC1.O=Cc1ccc(O)cc1.O=Cc1ccc(OCCC(F)(F)F)cc1.OCCC(F)(F)F. The van der Waals surface area contributed by atoms with E-state index in [-0.39, 0.29) is 5.75 Å². The van der Waals surface area contributed by atoms with Crippen molar-refractivity contribution in [3.05, 3.63) is 59.7 Å². The Morgan fingerprint density at radius 2 is 1.22 bits per heavy atom. The third kappa shape index (κ3) is 20.3. The first kappa shape index (κ1) is 32.9. The molecule has 12 heteroatoms. The molecule has 2 aromatic rings. The zero-order valence-electron chi connectivity index (χ0n) is 19.2. The number of aldehydes is 2. The summed E-state index contributed by atoms with van der Waals surface area (Å²) in [5.74, 6) is 0.505. The Balaban J connectivity index is 0.000000496. The Bertz CT molecular complexity index is 825. The van der Waals surface area contributed by atoms with Crippen LogP contribution in [-0.4, -0.2) is 61.6 Å². The minimum atomic E-state index is -4.21. The number of hydrogen-bond acceptors (Lipinski definition) is 6. The molecular formula is C24H28F6O6. The fourth-order valence-corrected chi connectivity index (χ4v) is 2.12. The quantitative estimate of drug-likeness (QED) is 0.367. The van der Waals surface area contributed by atoms with E-state index in [2.05, 4.69) is 0 Å². The topological polar surface area (TPSA) is 93.1 Å². The fraction of sp³-hybridized carbons (Fsp3) is 0.417. The van der Waals surface area contributed by atoms with Crippen molar-refractivity contribution >= 4 is 12.6 Å². The van der Waals surface area contributed by atoms with Gasteiger partial charge in [0.1, 0.15) is 24.1 Å². The first-order valence-corrected chi connectivity index (χ1v) is 10.6. The van der Waals surface area contributed by atoms with Gasteiger partial charge in [-0.2, -0.15) is 26.3 Å². The molecule has 1 saturated heterocycles. The zero-order valence-corrected chi connectivity index (χ0v) is 19.2. The van der Waals surface area contributed by atoms with E-state index in [0.29, 0.717) is 23.2 Å². The first-order chi connectivity index (χ1) is 16.9. The summed E-state index contributed by atoms with van der Waals surface area (Å²) in [6.07, 6.45) is -6.55. The average molecular weight is 526 g/mol. The number of benzene rings is 2. The molecule has 0 radical (unpaired) electrons.